The van der Waals surface area contributed by atoms with E-state index in [9.17, 15) is 14.4 Å². The first-order valence-electron chi connectivity index (χ1n) is 14.8. The molecular formula is C34H45Cl2N5O4. The Labute approximate surface area is 279 Å². The van der Waals surface area contributed by atoms with Crippen LogP contribution in [0.3, 0.4) is 0 Å². The van der Waals surface area contributed by atoms with Gasteiger partial charge in [0.15, 0.2) is 0 Å². The minimum absolute atomic E-state index is 0. The van der Waals surface area contributed by atoms with Crippen LogP contribution in [0.1, 0.15) is 48.7 Å². The molecule has 0 saturated carbocycles. The molecule has 0 fully saturated rings. The molecule has 0 saturated heterocycles. The van der Waals surface area contributed by atoms with E-state index in [1.54, 1.807) is 48.0 Å². The molecule has 1 aliphatic rings. The van der Waals surface area contributed by atoms with Gasteiger partial charge in [-0.1, -0.05) is 17.7 Å². The van der Waals surface area contributed by atoms with Crippen molar-refractivity contribution in [3.05, 3.63) is 83.7 Å². The lowest BCUT2D eigenvalue weighted by Crippen LogP contribution is -2.47. The summed E-state index contributed by atoms with van der Waals surface area (Å²) in [5.74, 6) is 0.195. The Morgan fingerprint density at radius 1 is 0.911 bits per heavy atom. The van der Waals surface area contributed by atoms with E-state index in [1.807, 2.05) is 75.5 Å². The van der Waals surface area contributed by atoms with Crippen molar-refractivity contribution in [3.8, 4) is 5.75 Å². The summed E-state index contributed by atoms with van der Waals surface area (Å²) in [4.78, 5) is 50.7. The van der Waals surface area contributed by atoms with Gasteiger partial charge in [-0.25, -0.2) is 0 Å². The zero-order chi connectivity index (χ0) is 31.1. The SMILES string of the molecule is CCN1C(=O)C(C)(C)C(=O)N(C)c2cc(OCCCN(CCN(C)C(=O)c3ccc(C)cc3)Cc3ccncc3)ccc21.Cl.Cl. The number of likely N-dealkylation sites (N-methyl/N-ethyl adjacent to an activating group) is 1. The van der Waals surface area contributed by atoms with Gasteiger partial charge in [0.2, 0.25) is 11.8 Å². The molecule has 244 valence electrons. The fourth-order valence-corrected chi connectivity index (χ4v) is 5.27. The van der Waals surface area contributed by atoms with Crippen LogP contribution in [0.5, 0.6) is 5.75 Å². The second-order valence-electron chi connectivity index (χ2n) is 11.6. The summed E-state index contributed by atoms with van der Waals surface area (Å²) < 4.78 is 6.13. The van der Waals surface area contributed by atoms with Crippen molar-refractivity contribution in [2.24, 2.45) is 5.41 Å². The number of aryl methyl sites for hydroxylation is 1. The molecule has 0 atom stereocenters. The number of amides is 3. The highest BCUT2D eigenvalue weighted by Crippen LogP contribution is 2.40. The first-order valence-corrected chi connectivity index (χ1v) is 14.8. The highest BCUT2D eigenvalue weighted by molar-refractivity contribution is 6.20. The van der Waals surface area contributed by atoms with Gasteiger partial charge >= 0.3 is 0 Å². The molecule has 2 heterocycles. The molecule has 0 radical (unpaired) electrons. The molecule has 0 unspecified atom stereocenters. The van der Waals surface area contributed by atoms with Crippen LogP contribution in [0, 0.1) is 12.3 Å². The normalized spacial score (nSPS) is 13.8. The number of benzene rings is 2. The quantitative estimate of drug-likeness (QED) is 0.185. The van der Waals surface area contributed by atoms with Crippen LogP contribution in [-0.4, -0.2) is 79.4 Å². The smallest absolute Gasteiger partial charge is 0.253 e. The van der Waals surface area contributed by atoms with Crippen LogP contribution in [0.25, 0.3) is 0 Å². The number of rotatable bonds is 12. The Morgan fingerprint density at radius 2 is 1.58 bits per heavy atom. The van der Waals surface area contributed by atoms with E-state index in [0.717, 1.165) is 30.6 Å². The predicted molar refractivity (Wildman–Crippen MR) is 184 cm³/mol. The molecule has 2 aromatic carbocycles. The Bertz CT molecular complexity index is 1440. The summed E-state index contributed by atoms with van der Waals surface area (Å²) in [5, 5.41) is 0. The Hall–Kier alpha value is -3.66. The predicted octanol–water partition coefficient (Wildman–Crippen LogP) is 5.63. The van der Waals surface area contributed by atoms with E-state index in [2.05, 4.69) is 9.88 Å². The van der Waals surface area contributed by atoms with Gasteiger partial charge in [-0.05, 0) is 76.1 Å². The van der Waals surface area contributed by atoms with Gasteiger partial charge in [0, 0.05) is 70.8 Å². The molecule has 4 rings (SSSR count). The van der Waals surface area contributed by atoms with Crippen molar-refractivity contribution in [1.82, 2.24) is 14.8 Å². The Balaban J connectivity index is 0.00000353. The van der Waals surface area contributed by atoms with Crippen molar-refractivity contribution >= 4 is 53.9 Å². The van der Waals surface area contributed by atoms with E-state index >= 15 is 0 Å². The summed E-state index contributed by atoms with van der Waals surface area (Å²) in [7, 11) is 3.54. The van der Waals surface area contributed by atoms with Gasteiger partial charge in [-0.3, -0.25) is 24.3 Å². The van der Waals surface area contributed by atoms with Crippen LogP contribution in [-0.2, 0) is 16.1 Å². The molecule has 3 amide bonds. The number of ether oxygens (including phenoxy) is 1. The maximum atomic E-state index is 13.1. The summed E-state index contributed by atoms with van der Waals surface area (Å²) in [6.45, 7) is 11.0. The van der Waals surface area contributed by atoms with E-state index in [1.165, 1.54) is 0 Å². The van der Waals surface area contributed by atoms with Crippen LogP contribution in [0.4, 0.5) is 11.4 Å². The van der Waals surface area contributed by atoms with Gasteiger partial charge in [0.05, 0.1) is 18.0 Å². The van der Waals surface area contributed by atoms with Crippen molar-refractivity contribution < 1.29 is 19.1 Å². The monoisotopic (exact) mass is 657 g/mol. The fourth-order valence-electron chi connectivity index (χ4n) is 5.27. The maximum absolute atomic E-state index is 13.1. The minimum atomic E-state index is -1.15. The maximum Gasteiger partial charge on any atom is 0.253 e. The highest BCUT2D eigenvalue weighted by Gasteiger charge is 2.45. The van der Waals surface area contributed by atoms with Gasteiger partial charge in [0.1, 0.15) is 11.2 Å². The molecule has 1 aliphatic heterocycles. The highest BCUT2D eigenvalue weighted by atomic mass is 35.5. The number of hydrogen-bond acceptors (Lipinski definition) is 6. The summed E-state index contributed by atoms with van der Waals surface area (Å²) in [5.41, 5.74) is 3.17. The van der Waals surface area contributed by atoms with Gasteiger partial charge in [0.25, 0.3) is 5.91 Å². The van der Waals surface area contributed by atoms with E-state index < -0.39 is 5.41 Å². The number of fused-ring (bicyclic) bond motifs is 1. The van der Waals surface area contributed by atoms with Gasteiger partial charge in [-0.2, -0.15) is 0 Å². The van der Waals surface area contributed by atoms with E-state index in [-0.39, 0.29) is 42.5 Å². The Morgan fingerprint density at radius 3 is 2.22 bits per heavy atom. The summed E-state index contributed by atoms with van der Waals surface area (Å²) in [6.07, 6.45) is 4.34. The first-order chi connectivity index (χ1) is 20.5. The molecule has 3 aromatic rings. The lowest BCUT2D eigenvalue weighted by atomic mass is 9.90. The van der Waals surface area contributed by atoms with Crippen molar-refractivity contribution in [2.45, 2.75) is 40.7 Å². The van der Waals surface area contributed by atoms with Crippen molar-refractivity contribution in [2.75, 3.05) is 56.7 Å². The van der Waals surface area contributed by atoms with Crippen molar-refractivity contribution in [1.29, 1.82) is 0 Å². The molecule has 1 aromatic heterocycles. The average Bonchev–Trinajstić information content (AvgIpc) is 3.06. The first kappa shape index (κ1) is 37.5. The number of halogens is 2. The van der Waals surface area contributed by atoms with E-state index in [0.29, 0.717) is 48.9 Å². The molecular weight excluding hydrogens is 613 g/mol. The molecule has 45 heavy (non-hydrogen) atoms. The zero-order valence-electron chi connectivity index (χ0n) is 27.0. The van der Waals surface area contributed by atoms with Gasteiger partial charge < -0.3 is 19.4 Å². The minimum Gasteiger partial charge on any atom is -0.493 e. The second-order valence-corrected chi connectivity index (χ2v) is 11.6. The number of pyridine rings is 1. The Kier molecular flexibility index (Phi) is 13.8. The molecule has 0 bridgehead atoms. The third kappa shape index (κ3) is 8.96. The summed E-state index contributed by atoms with van der Waals surface area (Å²) in [6, 6.07) is 17.2. The molecule has 0 aliphatic carbocycles. The van der Waals surface area contributed by atoms with Crippen LogP contribution < -0.4 is 14.5 Å². The molecule has 9 nitrogen and oxygen atoms in total. The molecule has 0 spiro atoms. The second kappa shape index (κ2) is 16.6. The standard InChI is InChI=1S/C34H43N5O4.2ClH/c1-7-39-29-14-13-28(23-30(29)37(6)32(41)34(3,4)33(39)42)43-22-8-19-38(24-26-15-17-35-18-16-26)21-20-36(5)31(40)27-11-9-25(2)10-12-27;;/h9-18,23H,7-8,19-22,24H2,1-6H3;2*1H. The number of carbonyl (C=O) groups is 3. The third-order valence-electron chi connectivity index (χ3n) is 7.97. The number of nitrogens with zero attached hydrogens (tertiary/aromatic N) is 5. The molecule has 0 N–H and O–H groups in total. The van der Waals surface area contributed by atoms with Crippen LogP contribution >= 0.6 is 24.8 Å². The fraction of sp³-hybridized carbons (Fsp3) is 0.412. The number of aromatic nitrogens is 1. The lowest BCUT2D eigenvalue weighted by molar-refractivity contribution is -0.137. The topological polar surface area (TPSA) is 86.3 Å². The van der Waals surface area contributed by atoms with Crippen LogP contribution in [0.15, 0.2) is 67.0 Å². The van der Waals surface area contributed by atoms with Crippen molar-refractivity contribution in [3.63, 3.8) is 0 Å². The number of hydrogen-bond donors (Lipinski definition) is 0. The third-order valence-corrected chi connectivity index (χ3v) is 7.97. The van der Waals surface area contributed by atoms with Gasteiger partial charge in [-0.15, -0.1) is 24.8 Å². The molecule has 11 heteroatoms. The average molecular weight is 659 g/mol. The zero-order valence-corrected chi connectivity index (χ0v) is 28.6. The summed E-state index contributed by atoms with van der Waals surface area (Å²) >= 11 is 0. The van der Waals surface area contributed by atoms with Crippen LogP contribution in [0.2, 0.25) is 0 Å². The number of carbonyl (C=O) groups excluding carboxylic acids is 3. The lowest BCUT2D eigenvalue weighted by Gasteiger charge is -2.27. The number of anilines is 2. The largest absolute Gasteiger partial charge is 0.493 e. The van der Waals surface area contributed by atoms with E-state index in [4.69, 9.17) is 4.74 Å².